The third-order valence-corrected chi connectivity index (χ3v) is 9.32. The summed E-state index contributed by atoms with van der Waals surface area (Å²) in [6.07, 6.45) is -78.8. The van der Waals surface area contributed by atoms with E-state index in [1.807, 2.05) is 0 Å². The van der Waals surface area contributed by atoms with Gasteiger partial charge in [0.15, 0.2) is 0 Å². The second-order valence-corrected chi connectivity index (χ2v) is 13.4. The Labute approximate surface area is 218 Å². The second-order valence-electron chi connectivity index (χ2n) is 7.80. The monoisotopic (exact) mass is 774 g/mol. The van der Waals surface area contributed by atoms with Crippen molar-refractivity contribution in [1.29, 1.82) is 0 Å². The minimum atomic E-state index is -10.4. The van der Waals surface area contributed by atoms with Gasteiger partial charge < -0.3 is 0 Å². The molecule has 0 aliphatic carbocycles. The molecule has 1 spiro atoms. The first-order valence-corrected chi connectivity index (χ1v) is 12.7. The zero-order chi connectivity index (χ0) is 34.3. The predicted octanol–water partition coefficient (Wildman–Crippen LogP) is 9.06. The quantitative estimate of drug-likeness (QED) is 0.182. The van der Waals surface area contributed by atoms with Crippen LogP contribution in [0.2, 0.25) is 0 Å². The van der Waals surface area contributed by atoms with Crippen molar-refractivity contribution < 1.29 is 123 Å². The van der Waals surface area contributed by atoms with Gasteiger partial charge in [-0.2, -0.15) is 0 Å². The summed E-state index contributed by atoms with van der Waals surface area (Å²) in [6, 6.07) is 0. The molecule has 0 unspecified atom stereocenters. The fraction of sp³-hybridized carbons (Fsp3) is 1.00. The van der Waals surface area contributed by atoms with Crippen LogP contribution in [-0.4, -0.2) is 71.8 Å². The van der Waals surface area contributed by atoms with Crippen LogP contribution in [0.15, 0.2) is 0 Å². The average Bonchev–Trinajstić information content (AvgIpc) is 3.06. The van der Waals surface area contributed by atoms with Crippen LogP contribution in [-0.2, 0) is 18.1 Å². The van der Waals surface area contributed by atoms with E-state index in [0.29, 0.717) is 15.5 Å². The molecule has 2 aliphatic heterocycles. The van der Waals surface area contributed by atoms with E-state index in [1.54, 1.807) is 0 Å². The third-order valence-electron chi connectivity index (χ3n) is 5.32. The van der Waals surface area contributed by atoms with Crippen molar-refractivity contribution >= 4 is 21.7 Å². The number of rotatable bonds is 0. The van der Waals surface area contributed by atoms with E-state index in [2.05, 4.69) is 18.1 Å². The number of hydrogen-bond donors (Lipinski definition) is 0. The number of hydrogen-bond acceptors (Lipinski definition) is 4. The SMILES string of the molecule is FC(F)(F)C1(C(F)(F)F)OP2(Br)(OC1(C(F)(F)F)C(F)(F)F)OC(C(F)(F)F)(C(F)(F)F)C(C(F)(F)F)(C(F)(F)F)O2. The summed E-state index contributed by atoms with van der Waals surface area (Å²) < 4.78 is 337. The van der Waals surface area contributed by atoms with Crippen molar-refractivity contribution in [3.8, 4) is 0 Å². The molecule has 2 fully saturated rings. The molecular formula is C12BrF24O4P. The van der Waals surface area contributed by atoms with Crippen LogP contribution in [0.4, 0.5) is 105 Å². The maximum absolute atomic E-state index is 13.7. The Kier molecular flexibility index (Phi) is 7.50. The van der Waals surface area contributed by atoms with Gasteiger partial charge in [0.25, 0.3) is 0 Å². The van der Waals surface area contributed by atoms with Gasteiger partial charge in [-0.05, 0) is 0 Å². The van der Waals surface area contributed by atoms with Crippen LogP contribution in [0.5, 0.6) is 0 Å². The Morgan fingerprint density at radius 2 is 0.381 bits per heavy atom. The second kappa shape index (κ2) is 8.45. The van der Waals surface area contributed by atoms with Crippen molar-refractivity contribution in [2.24, 2.45) is 0 Å². The molecule has 4 nitrogen and oxygen atoms in total. The Morgan fingerprint density at radius 3 is 0.452 bits per heavy atom. The summed E-state index contributed by atoms with van der Waals surface area (Å²) in [7, 11) is 0. The van der Waals surface area contributed by atoms with Crippen LogP contribution in [0, 0.1) is 0 Å². The van der Waals surface area contributed by atoms with Gasteiger partial charge in [0.1, 0.15) is 0 Å². The van der Waals surface area contributed by atoms with E-state index in [0.717, 1.165) is 0 Å². The van der Waals surface area contributed by atoms with E-state index in [1.165, 1.54) is 0 Å². The molecule has 2 aliphatic rings. The van der Waals surface area contributed by atoms with Crippen LogP contribution in [0.25, 0.3) is 0 Å². The van der Waals surface area contributed by atoms with Gasteiger partial charge in [-0.15, -0.1) is 0 Å². The van der Waals surface area contributed by atoms with Crippen molar-refractivity contribution in [1.82, 2.24) is 0 Å². The van der Waals surface area contributed by atoms with Crippen molar-refractivity contribution in [3.63, 3.8) is 0 Å². The standard InChI is InChI=1S/C12BrF24O4P/c13-42(38-1(5(14,15)16,6(17,18)19)2(39-42,7(20,21)22)8(23,24)25)40-3(9(26,27)28,10(29,30)31)4(41-42,11(32,33)34)12(35,36)37. The van der Waals surface area contributed by atoms with Crippen LogP contribution < -0.4 is 0 Å². The Morgan fingerprint density at radius 1 is 0.286 bits per heavy atom. The van der Waals surface area contributed by atoms with Gasteiger partial charge in [-0.25, -0.2) is 0 Å². The third kappa shape index (κ3) is 4.13. The van der Waals surface area contributed by atoms with Crippen LogP contribution in [0.3, 0.4) is 0 Å². The molecule has 0 saturated carbocycles. The molecule has 42 heavy (non-hydrogen) atoms. The summed E-state index contributed by atoms with van der Waals surface area (Å²) in [5, 5.41) is 0. The Bertz CT molecular complexity index is 855. The van der Waals surface area contributed by atoms with Crippen molar-refractivity contribution in [2.45, 2.75) is 71.8 Å². The molecule has 2 heterocycles. The zero-order valence-electron chi connectivity index (χ0n) is 17.5. The normalized spacial score (nSPS) is 27.1. The first-order valence-electron chi connectivity index (χ1n) is 8.75. The molecule has 0 amide bonds. The minimum absolute atomic E-state index is 0.298. The van der Waals surface area contributed by atoms with Gasteiger partial charge in [0.05, 0.1) is 0 Å². The van der Waals surface area contributed by atoms with E-state index in [9.17, 15) is 105 Å². The topological polar surface area (TPSA) is 36.9 Å². The maximum atomic E-state index is 13.7. The van der Waals surface area contributed by atoms with Crippen LogP contribution in [0.1, 0.15) is 0 Å². The van der Waals surface area contributed by atoms with Crippen LogP contribution >= 0.6 is 21.7 Å². The average molecular weight is 775 g/mol. The molecule has 0 bridgehead atoms. The summed E-state index contributed by atoms with van der Waals surface area (Å²) in [4.78, 5) is 0. The van der Waals surface area contributed by atoms with Crippen molar-refractivity contribution in [2.75, 3.05) is 0 Å². The summed E-state index contributed by atoms with van der Waals surface area (Å²) in [5.41, 5.74) is -34.2. The fourth-order valence-electron chi connectivity index (χ4n) is 3.90. The molecule has 0 aromatic heterocycles. The molecule has 30 heteroatoms. The molecule has 2 rings (SSSR count). The van der Waals surface area contributed by atoms with Gasteiger partial charge in [0.2, 0.25) is 0 Å². The van der Waals surface area contributed by atoms with E-state index >= 15 is 0 Å². The van der Waals surface area contributed by atoms with E-state index in [-0.39, 0.29) is 0 Å². The molecule has 252 valence electrons. The summed E-state index contributed by atoms with van der Waals surface area (Å²) in [6.45, 7) is 0. The first-order chi connectivity index (χ1) is 17.6. The number of halogens is 25. The van der Waals surface area contributed by atoms with E-state index < -0.39 is 78.0 Å². The van der Waals surface area contributed by atoms with Gasteiger partial charge >= 0.3 is 217 Å². The molecule has 0 radical (unpaired) electrons. The van der Waals surface area contributed by atoms with Gasteiger partial charge in [-0.3, -0.25) is 0 Å². The molecule has 0 aromatic rings. The summed E-state index contributed by atoms with van der Waals surface area (Å²) >= 11 is 0.298. The molecule has 0 atom stereocenters. The first kappa shape index (κ1) is 37.3. The van der Waals surface area contributed by atoms with Gasteiger partial charge in [-0.1, -0.05) is 0 Å². The Balaban J connectivity index is 3.45. The Hall–Kier alpha value is -0.930. The van der Waals surface area contributed by atoms with Crippen molar-refractivity contribution in [3.05, 3.63) is 0 Å². The molecular weight excluding hydrogens is 775 g/mol. The zero-order valence-corrected chi connectivity index (χ0v) is 20.0. The number of alkyl halides is 24. The predicted molar refractivity (Wildman–Crippen MR) is 79.6 cm³/mol. The summed E-state index contributed by atoms with van der Waals surface area (Å²) in [5.74, 6) is 0. The van der Waals surface area contributed by atoms with Gasteiger partial charge in [0, 0.05) is 0 Å². The fourth-order valence-corrected chi connectivity index (χ4v) is 9.83. The molecule has 0 N–H and O–H groups in total. The van der Waals surface area contributed by atoms with E-state index in [4.69, 9.17) is 0 Å². The molecule has 2 saturated heterocycles. The molecule has 0 aromatic carbocycles.